The molecule has 1 unspecified atom stereocenters. The van der Waals surface area contributed by atoms with Gasteiger partial charge >= 0.3 is 0 Å². The van der Waals surface area contributed by atoms with Gasteiger partial charge in [-0.05, 0) is 33.2 Å². The van der Waals surface area contributed by atoms with Gasteiger partial charge in [0.1, 0.15) is 4.21 Å². The van der Waals surface area contributed by atoms with Crippen LogP contribution < -0.4 is 5.32 Å². The molecule has 2 rings (SSSR count). The Balaban J connectivity index is 2.17. The molecule has 0 aliphatic carbocycles. The first-order valence-electron chi connectivity index (χ1n) is 6.39. The lowest BCUT2D eigenvalue weighted by molar-refractivity contribution is 0.160. The number of nitrogens with one attached hydrogen (secondary N) is 1. The molecule has 19 heavy (non-hydrogen) atoms. The maximum absolute atomic E-state index is 12.6. The van der Waals surface area contributed by atoms with Gasteiger partial charge in [-0.2, -0.15) is 4.31 Å². The molecule has 0 amide bonds. The Morgan fingerprint density at radius 3 is 2.79 bits per heavy atom. The summed E-state index contributed by atoms with van der Waals surface area (Å²) in [6, 6.07) is 3.86. The van der Waals surface area contributed by atoms with Crippen molar-refractivity contribution < 1.29 is 8.42 Å². The van der Waals surface area contributed by atoms with Gasteiger partial charge < -0.3 is 10.2 Å². The largest absolute Gasteiger partial charge is 0.315 e. The second-order valence-electron chi connectivity index (χ2n) is 4.94. The number of hydrogen-bond donors (Lipinski definition) is 1. The van der Waals surface area contributed by atoms with E-state index in [1.165, 1.54) is 11.3 Å². The molecule has 5 nitrogen and oxygen atoms in total. The van der Waals surface area contributed by atoms with Gasteiger partial charge in [-0.15, -0.1) is 11.3 Å². The van der Waals surface area contributed by atoms with E-state index in [9.17, 15) is 8.42 Å². The number of thiophene rings is 1. The van der Waals surface area contributed by atoms with Crippen molar-refractivity contribution in [3.05, 3.63) is 17.0 Å². The van der Waals surface area contributed by atoms with E-state index in [0.717, 1.165) is 11.4 Å². The quantitative estimate of drug-likeness (QED) is 0.893. The number of sulfonamides is 1. The van der Waals surface area contributed by atoms with Crippen LogP contribution in [0.4, 0.5) is 0 Å². The van der Waals surface area contributed by atoms with Crippen LogP contribution in [0.15, 0.2) is 16.3 Å². The minimum Gasteiger partial charge on any atom is -0.315 e. The fourth-order valence-corrected chi connectivity index (χ4v) is 5.16. The molecule has 1 N–H and O–H groups in total. The number of hydrogen-bond acceptors (Lipinski definition) is 5. The monoisotopic (exact) mass is 303 g/mol. The van der Waals surface area contributed by atoms with Crippen molar-refractivity contribution in [2.24, 2.45) is 0 Å². The highest BCUT2D eigenvalue weighted by molar-refractivity contribution is 7.91. The summed E-state index contributed by atoms with van der Waals surface area (Å²) >= 11 is 1.35. The first-order chi connectivity index (χ1) is 8.95. The molecule has 1 aliphatic heterocycles. The highest BCUT2D eigenvalue weighted by Crippen LogP contribution is 2.26. The van der Waals surface area contributed by atoms with Gasteiger partial charge in [-0.1, -0.05) is 0 Å². The zero-order chi connectivity index (χ0) is 14.0. The summed E-state index contributed by atoms with van der Waals surface area (Å²) in [6.07, 6.45) is 0. The highest BCUT2D eigenvalue weighted by Gasteiger charge is 2.31. The Hall–Kier alpha value is -0.470. The lowest BCUT2D eigenvalue weighted by Gasteiger charge is -2.36. The Morgan fingerprint density at radius 1 is 1.42 bits per heavy atom. The van der Waals surface area contributed by atoms with E-state index >= 15 is 0 Å². The van der Waals surface area contributed by atoms with Gasteiger partial charge in [0.15, 0.2) is 0 Å². The topological polar surface area (TPSA) is 52.7 Å². The summed E-state index contributed by atoms with van der Waals surface area (Å²) in [5.41, 5.74) is 0. The van der Waals surface area contributed by atoms with Crippen molar-refractivity contribution in [2.75, 3.05) is 33.7 Å². The molecular weight excluding hydrogens is 282 g/mol. The van der Waals surface area contributed by atoms with E-state index in [1.54, 1.807) is 10.4 Å². The predicted molar refractivity (Wildman–Crippen MR) is 77.9 cm³/mol. The molecule has 0 spiro atoms. The van der Waals surface area contributed by atoms with E-state index in [1.807, 2.05) is 20.2 Å². The van der Waals surface area contributed by atoms with Crippen LogP contribution in [-0.4, -0.2) is 57.4 Å². The fourth-order valence-electron chi connectivity index (χ4n) is 2.13. The third kappa shape index (κ3) is 3.17. The van der Waals surface area contributed by atoms with Gasteiger partial charge in [0.25, 0.3) is 10.0 Å². The maximum Gasteiger partial charge on any atom is 0.252 e. The predicted octanol–water partition coefficient (Wildman–Crippen LogP) is 0.792. The number of rotatable bonds is 4. The minimum atomic E-state index is -3.32. The summed E-state index contributed by atoms with van der Waals surface area (Å²) < 4.78 is 27.2. The maximum atomic E-state index is 12.6. The van der Waals surface area contributed by atoms with Crippen LogP contribution in [0, 0.1) is 0 Å². The first-order valence-corrected chi connectivity index (χ1v) is 8.64. The van der Waals surface area contributed by atoms with E-state index in [4.69, 9.17) is 0 Å². The number of piperazine rings is 1. The Bertz CT molecular complexity index is 527. The number of nitrogens with zero attached hydrogens (tertiary/aromatic N) is 2. The number of likely N-dealkylation sites (N-methyl/N-ethyl adjacent to an activating group) is 1. The average molecular weight is 303 g/mol. The normalized spacial score (nSPS) is 22.8. The molecule has 1 aromatic rings. The zero-order valence-electron chi connectivity index (χ0n) is 11.6. The van der Waals surface area contributed by atoms with Crippen LogP contribution in [0.2, 0.25) is 0 Å². The lowest BCUT2D eigenvalue weighted by atomic mass is 10.2. The molecule has 7 heteroatoms. The molecule has 1 aromatic heterocycles. The molecule has 0 saturated carbocycles. The summed E-state index contributed by atoms with van der Waals surface area (Å²) in [7, 11) is 0.571. The standard InChI is InChI=1S/C12H21N3O2S2/c1-10-9-15(7-6-14(10)3)19(16,17)12-5-4-11(18-12)8-13-2/h4-5,10,13H,6-9H2,1-3H3. The third-order valence-electron chi connectivity index (χ3n) is 3.50. The van der Waals surface area contributed by atoms with Gasteiger partial charge in [0.2, 0.25) is 0 Å². The van der Waals surface area contributed by atoms with Crippen LogP contribution in [0.3, 0.4) is 0 Å². The van der Waals surface area contributed by atoms with E-state index < -0.39 is 10.0 Å². The first kappa shape index (κ1) is 14.9. The molecule has 1 saturated heterocycles. The van der Waals surface area contributed by atoms with Crippen LogP contribution in [-0.2, 0) is 16.6 Å². The van der Waals surface area contributed by atoms with Gasteiger partial charge in [0, 0.05) is 37.1 Å². The molecule has 2 heterocycles. The second kappa shape index (κ2) is 5.88. The van der Waals surface area contributed by atoms with Crippen molar-refractivity contribution in [1.82, 2.24) is 14.5 Å². The van der Waals surface area contributed by atoms with Crippen molar-refractivity contribution in [3.63, 3.8) is 0 Å². The Kier molecular flexibility index (Phi) is 4.62. The summed E-state index contributed by atoms with van der Waals surface area (Å²) in [5.74, 6) is 0. The van der Waals surface area contributed by atoms with Crippen LogP contribution in [0.25, 0.3) is 0 Å². The van der Waals surface area contributed by atoms with Gasteiger partial charge in [-0.3, -0.25) is 0 Å². The fraction of sp³-hybridized carbons (Fsp3) is 0.667. The van der Waals surface area contributed by atoms with Crippen LogP contribution >= 0.6 is 11.3 Å². The molecule has 0 radical (unpaired) electrons. The van der Waals surface area contributed by atoms with Crippen molar-refractivity contribution in [1.29, 1.82) is 0 Å². The zero-order valence-corrected chi connectivity index (χ0v) is 13.2. The Morgan fingerprint density at radius 2 is 2.16 bits per heavy atom. The van der Waals surface area contributed by atoms with Crippen molar-refractivity contribution >= 4 is 21.4 Å². The summed E-state index contributed by atoms with van der Waals surface area (Å²) in [4.78, 5) is 3.23. The van der Waals surface area contributed by atoms with E-state index in [-0.39, 0.29) is 6.04 Å². The molecule has 1 aliphatic rings. The molecule has 0 aromatic carbocycles. The second-order valence-corrected chi connectivity index (χ2v) is 8.28. The molecule has 1 atom stereocenters. The summed E-state index contributed by atoms with van der Waals surface area (Å²) in [6.45, 7) is 4.69. The van der Waals surface area contributed by atoms with E-state index in [0.29, 0.717) is 23.8 Å². The lowest BCUT2D eigenvalue weighted by Crippen LogP contribution is -2.51. The Labute approximate surface area is 119 Å². The van der Waals surface area contributed by atoms with Crippen LogP contribution in [0.5, 0.6) is 0 Å². The van der Waals surface area contributed by atoms with Crippen molar-refractivity contribution in [2.45, 2.75) is 23.7 Å². The highest BCUT2D eigenvalue weighted by atomic mass is 32.2. The van der Waals surface area contributed by atoms with Crippen molar-refractivity contribution in [3.8, 4) is 0 Å². The third-order valence-corrected chi connectivity index (χ3v) is 6.92. The molecule has 108 valence electrons. The van der Waals surface area contributed by atoms with Gasteiger partial charge in [0.05, 0.1) is 0 Å². The molecule has 1 fully saturated rings. The SMILES string of the molecule is CNCc1ccc(S(=O)(=O)N2CCN(C)C(C)C2)s1. The molecular formula is C12H21N3O2S2. The summed E-state index contributed by atoms with van der Waals surface area (Å²) in [5, 5.41) is 3.04. The average Bonchev–Trinajstić information content (AvgIpc) is 2.82. The van der Waals surface area contributed by atoms with Gasteiger partial charge in [-0.25, -0.2) is 8.42 Å². The molecule has 0 bridgehead atoms. The smallest absolute Gasteiger partial charge is 0.252 e. The minimum absolute atomic E-state index is 0.264. The van der Waals surface area contributed by atoms with Crippen LogP contribution in [0.1, 0.15) is 11.8 Å². The van der Waals surface area contributed by atoms with E-state index in [2.05, 4.69) is 17.1 Å².